The Morgan fingerprint density at radius 3 is 2.24 bits per heavy atom. The van der Waals surface area contributed by atoms with Crippen molar-refractivity contribution in [3.8, 4) is 11.4 Å². The maximum atomic E-state index is 13.2. The van der Waals surface area contributed by atoms with E-state index in [0.717, 1.165) is 11.8 Å². The molecule has 3 aromatic heterocycles. The van der Waals surface area contributed by atoms with Gasteiger partial charge in [-0.3, -0.25) is 9.97 Å². The van der Waals surface area contributed by atoms with E-state index in [9.17, 15) is 13.2 Å². The summed E-state index contributed by atoms with van der Waals surface area (Å²) in [7, 11) is 0. The molecule has 0 aliphatic carbocycles. The molecule has 3 heterocycles. The predicted molar refractivity (Wildman–Crippen MR) is 88.7 cm³/mol. The van der Waals surface area contributed by atoms with Gasteiger partial charge in [-0.1, -0.05) is 20.8 Å². The summed E-state index contributed by atoms with van der Waals surface area (Å²) in [6.07, 6.45) is 0.596. The van der Waals surface area contributed by atoms with Crippen LogP contribution in [0.1, 0.15) is 31.9 Å². The Morgan fingerprint density at radius 1 is 0.920 bits per heavy atom. The van der Waals surface area contributed by atoms with E-state index in [4.69, 9.17) is 5.73 Å². The summed E-state index contributed by atoms with van der Waals surface area (Å²) in [6.45, 7) is 5.96. The molecule has 0 saturated carbocycles. The molecule has 0 fully saturated rings. The SMILES string of the molecule is CC(C)(C)c1cncc2nc(-c3ccncc3C(F)(F)F)nc(N)c12. The standard InChI is InChI=1S/C17H16F3N5/c1-16(2,3)11-7-23-8-12-13(11)14(21)25-15(24-12)9-4-5-22-6-10(9)17(18,19)20/h4-8H,1-3H3,(H2,21,24,25). The van der Waals surface area contributed by atoms with Crippen LogP contribution in [0, 0.1) is 0 Å². The minimum absolute atomic E-state index is 0.104. The van der Waals surface area contributed by atoms with Crippen molar-refractivity contribution in [1.29, 1.82) is 0 Å². The maximum Gasteiger partial charge on any atom is 0.418 e. The molecule has 0 aromatic carbocycles. The molecule has 0 aliphatic rings. The first-order valence-corrected chi connectivity index (χ1v) is 7.52. The first kappa shape index (κ1) is 17.1. The fourth-order valence-electron chi connectivity index (χ4n) is 2.62. The van der Waals surface area contributed by atoms with Gasteiger partial charge < -0.3 is 5.73 Å². The van der Waals surface area contributed by atoms with Gasteiger partial charge >= 0.3 is 6.18 Å². The van der Waals surface area contributed by atoms with Crippen LogP contribution < -0.4 is 5.73 Å². The molecule has 0 aliphatic heterocycles. The van der Waals surface area contributed by atoms with E-state index < -0.39 is 11.7 Å². The number of rotatable bonds is 1. The van der Waals surface area contributed by atoms with Crippen LogP contribution in [0.5, 0.6) is 0 Å². The van der Waals surface area contributed by atoms with Crippen LogP contribution in [0.25, 0.3) is 22.3 Å². The largest absolute Gasteiger partial charge is 0.418 e. The topological polar surface area (TPSA) is 77.6 Å². The monoisotopic (exact) mass is 347 g/mol. The number of anilines is 1. The number of hydrogen-bond donors (Lipinski definition) is 1. The third-order valence-electron chi connectivity index (χ3n) is 3.81. The average Bonchev–Trinajstić information content (AvgIpc) is 2.52. The zero-order chi connectivity index (χ0) is 18.4. The van der Waals surface area contributed by atoms with Crippen molar-refractivity contribution in [3.63, 3.8) is 0 Å². The Balaban J connectivity index is 2.29. The average molecular weight is 347 g/mol. The van der Waals surface area contributed by atoms with Crippen LogP contribution in [0.2, 0.25) is 0 Å². The van der Waals surface area contributed by atoms with Crippen LogP contribution in [-0.2, 0) is 11.6 Å². The summed E-state index contributed by atoms with van der Waals surface area (Å²) in [5.74, 6) is 0.0184. The number of nitrogens with two attached hydrogens (primary N) is 1. The molecule has 0 bridgehead atoms. The van der Waals surface area contributed by atoms with Crippen molar-refractivity contribution in [1.82, 2.24) is 19.9 Å². The molecule has 3 aromatic rings. The highest BCUT2D eigenvalue weighted by atomic mass is 19.4. The Morgan fingerprint density at radius 2 is 1.60 bits per heavy atom. The van der Waals surface area contributed by atoms with E-state index >= 15 is 0 Å². The lowest BCUT2D eigenvalue weighted by molar-refractivity contribution is -0.137. The Bertz CT molecular complexity index is 945. The summed E-state index contributed by atoms with van der Waals surface area (Å²) in [5, 5.41) is 0.605. The molecule has 0 saturated heterocycles. The molecular formula is C17H16F3N5. The number of hydrogen-bond acceptors (Lipinski definition) is 5. The lowest BCUT2D eigenvalue weighted by Crippen LogP contribution is -2.14. The summed E-state index contributed by atoms with van der Waals surface area (Å²) < 4.78 is 39.7. The normalized spacial score (nSPS) is 12.6. The summed E-state index contributed by atoms with van der Waals surface area (Å²) >= 11 is 0. The Kier molecular flexibility index (Phi) is 3.85. The molecule has 0 spiro atoms. The molecule has 0 amide bonds. The van der Waals surface area contributed by atoms with Crippen molar-refractivity contribution < 1.29 is 13.2 Å². The van der Waals surface area contributed by atoms with Gasteiger partial charge in [-0.2, -0.15) is 13.2 Å². The number of nitrogen functional groups attached to an aromatic ring is 1. The van der Waals surface area contributed by atoms with Gasteiger partial charge in [-0.05, 0) is 17.0 Å². The summed E-state index contributed by atoms with van der Waals surface area (Å²) in [4.78, 5) is 16.1. The van der Waals surface area contributed by atoms with E-state index in [1.54, 1.807) is 6.20 Å². The number of nitrogens with zero attached hydrogens (tertiary/aromatic N) is 4. The van der Waals surface area contributed by atoms with E-state index in [1.165, 1.54) is 18.5 Å². The Labute approximate surface area is 142 Å². The highest BCUT2D eigenvalue weighted by molar-refractivity contribution is 5.92. The number of alkyl halides is 3. The minimum Gasteiger partial charge on any atom is -0.383 e. The van der Waals surface area contributed by atoms with E-state index in [-0.39, 0.29) is 22.6 Å². The van der Waals surface area contributed by atoms with Crippen molar-refractivity contribution in [2.75, 3.05) is 5.73 Å². The zero-order valence-corrected chi connectivity index (χ0v) is 13.9. The maximum absolute atomic E-state index is 13.2. The molecule has 0 unspecified atom stereocenters. The van der Waals surface area contributed by atoms with Gasteiger partial charge in [0, 0.05) is 29.5 Å². The molecule has 130 valence electrons. The lowest BCUT2D eigenvalue weighted by atomic mass is 9.86. The highest BCUT2D eigenvalue weighted by Gasteiger charge is 2.35. The molecule has 0 atom stereocenters. The number of pyridine rings is 2. The van der Waals surface area contributed by atoms with Crippen molar-refractivity contribution in [3.05, 3.63) is 42.0 Å². The number of aromatic nitrogens is 4. The molecule has 25 heavy (non-hydrogen) atoms. The predicted octanol–water partition coefficient (Wildman–Crippen LogP) is 3.99. The van der Waals surface area contributed by atoms with Gasteiger partial charge in [0.25, 0.3) is 0 Å². The van der Waals surface area contributed by atoms with E-state index in [2.05, 4.69) is 19.9 Å². The van der Waals surface area contributed by atoms with Crippen LogP contribution >= 0.6 is 0 Å². The first-order valence-electron chi connectivity index (χ1n) is 7.52. The van der Waals surface area contributed by atoms with E-state index in [0.29, 0.717) is 10.9 Å². The molecule has 0 radical (unpaired) electrons. The molecular weight excluding hydrogens is 331 g/mol. The second-order valence-corrected chi connectivity index (χ2v) is 6.68. The fourth-order valence-corrected chi connectivity index (χ4v) is 2.62. The molecule has 3 rings (SSSR count). The van der Waals surface area contributed by atoms with Crippen molar-refractivity contribution in [2.24, 2.45) is 0 Å². The van der Waals surface area contributed by atoms with Crippen LogP contribution in [0.3, 0.4) is 0 Å². The first-order chi connectivity index (χ1) is 11.6. The van der Waals surface area contributed by atoms with Crippen molar-refractivity contribution in [2.45, 2.75) is 32.4 Å². The minimum atomic E-state index is -4.57. The fraction of sp³-hybridized carbons (Fsp3) is 0.294. The second kappa shape index (κ2) is 5.65. The quantitative estimate of drug-likeness (QED) is 0.720. The molecule has 2 N–H and O–H groups in total. The third-order valence-corrected chi connectivity index (χ3v) is 3.81. The van der Waals surface area contributed by atoms with Gasteiger partial charge in [0.05, 0.1) is 17.3 Å². The number of fused-ring (bicyclic) bond motifs is 1. The highest BCUT2D eigenvalue weighted by Crippen LogP contribution is 2.37. The third kappa shape index (κ3) is 3.11. The van der Waals surface area contributed by atoms with Gasteiger partial charge in [0.2, 0.25) is 0 Å². The Hall–Kier alpha value is -2.77. The van der Waals surface area contributed by atoms with Crippen molar-refractivity contribution >= 4 is 16.7 Å². The second-order valence-electron chi connectivity index (χ2n) is 6.68. The van der Waals surface area contributed by atoms with Gasteiger partial charge in [0.1, 0.15) is 5.82 Å². The van der Waals surface area contributed by atoms with Crippen LogP contribution in [-0.4, -0.2) is 19.9 Å². The summed E-state index contributed by atoms with van der Waals surface area (Å²) in [5.41, 5.74) is 5.97. The number of halogens is 3. The molecule has 5 nitrogen and oxygen atoms in total. The smallest absolute Gasteiger partial charge is 0.383 e. The lowest BCUT2D eigenvalue weighted by Gasteiger charge is -2.21. The zero-order valence-electron chi connectivity index (χ0n) is 13.9. The van der Waals surface area contributed by atoms with E-state index in [1.807, 2.05) is 20.8 Å². The molecule has 8 heteroatoms. The van der Waals surface area contributed by atoms with Crippen LogP contribution in [0.4, 0.5) is 19.0 Å². The van der Waals surface area contributed by atoms with Crippen LogP contribution in [0.15, 0.2) is 30.9 Å². The van der Waals surface area contributed by atoms with Gasteiger partial charge in [-0.25, -0.2) is 9.97 Å². The summed E-state index contributed by atoms with van der Waals surface area (Å²) in [6, 6.07) is 1.23. The van der Waals surface area contributed by atoms with Gasteiger partial charge in [-0.15, -0.1) is 0 Å². The van der Waals surface area contributed by atoms with Gasteiger partial charge in [0.15, 0.2) is 5.82 Å².